The van der Waals surface area contributed by atoms with Gasteiger partial charge in [-0.05, 0) is 37.1 Å². The summed E-state index contributed by atoms with van der Waals surface area (Å²) in [6, 6.07) is 13.5. The van der Waals surface area contributed by atoms with Crippen molar-refractivity contribution in [2.45, 2.75) is 36.9 Å². The molecule has 0 radical (unpaired) electrons. The maximum atomic E-state index is 13.8. The van der Waals surface area contributed by atoms with Gasteiger partial charge in [-0.1, -0.05) is 48.9 Å². The zero-order valence-corrected chi connectivity index (χ0v) is 17.4. The summed E-state index contributed by atoms with van der Waals surface area (Å²) in [6.07, 6.45) is 4.05. The molecule has 158 valence electrons. The summed E-state index contributed by atoms with van der Waals surface area (Å²) in [7, 11) is 0. The first-order valence-corrected chi connectivity index (χ1v) is 11.2. The normalized spacial score (nSPS) is 14.5. The fourth-order valence-corrected chi connectivity index (χ4v) is 4.90. The van der Waals surface area contributed by atoms with Crippen molar-refractivity contribution in [1.82, 2.24) is 19.2 Å². The number of benzene rings is 2. The summed E-state index contributed by atoms with van der Waals surface area (Å²) < 4.78 is 17.4. The van der Waals surface area contributed by atoms with Crippen LogP contribution in [0.1, 0.15) is 31.7 Å². The van der Waals surface area contributed by atoms with Crippen molar-refractivity contribution in [1.29, 1.82) is 0 Å². The van der Waals surface area contributed by atoms with E-state index >= 15 is 0 Å². The number of aromatic nitrogens is 4. The standard InChI is InChI=1S/C22H20FN5O2S/c23-16-10-4-5-11-17(16)24-19(29)13-31-22-26-25-21-27(14-7-1-2-8-14)20(30)15-9-3-6-12-18(15)28(21)22/h3-6,9-12,14H,1-2,7-8,13H2,(H,24,29). The van der Waals surface area contributed by atoms with Crippen LogP contribution in [0.25, 0.3) is 16.7 Å². The number of hydrogen-bond donors (Lipinski definition) is 1. The highest BCUT2D eigenvalue weighted by Gasteiger charge is 2.24. The Balaban J connectivity index is 1.51. The number of anilines is 1. The summed E-state index contributed by atoms with van der Waals surface area (Å²) in [5, 5.41) is 12.3. The van der Waals surface area contributed by atoms with E-state index in [1.807, 2.05) is 28.7 Å². The van der Waals surface area contributed by atoms with Crippen LogP contribution in [0.5, 0.6) is 0 Å². The van der Waals surface area contributed by atoms with Crippen molar-refractivity contribution in [2.24, 2.45) is 0 Å². The first-order chi connectivity index (χ1) is 15.1. The molecule has 1 aliphatic rings. The van der Waals surface area contributed by atoms with Gasteiger partial charge in [0, 0.05) is 6.04 Å². The van der Waals surface area contributed by atoms with Gasteiger partial charge < -0.3 is 5.32 Å². The maximum Gasteiger partial charge on any atom is 0.263 e. The number of nitrogens with one attached hydrogen (secondary N) is 1. The highest BCUT2D eigenvalue weighted by molar-refractivity contribution is 7.99. The van der Waals surface area contributed by atoms with E-state index in [9.17, 15) is 14.0 Å². The van der Waals surface area contributed by atoms with Crippen LogP contribution in [0.2, 0.25) is 0 Å². The lowest BCUT2D eigenvalue weighted by Gasteiger charge is -2.16. The Morgan fingerprint density at radius 1 is 1.10 bits per heavy atom. The molecule has 0 bridgehead atoms. The monoisotopic (exact) mass is 437 g/mol. The lowest BCUT2D eigenvalue weighted by Crippen LogP contribution is -2.26. The molecule has 1 aliphatic carbocycles. The summed E-state index contributed by atoms with van der Waals surface area (Å²) in [6.45, 7) is 0. The Morgan fingerprint density at radius 2 is 1.84 bits per heavy atom. The first-order valence-electron chi connectivity index (χ1n) is 10.2. The van der Waals surface area contributed by atoms with E-state index in [1.54, 1.807) is 16.7 Å². The van der Waals surface area contributed by atoms with E-state index in [2.05, 4.69) is 15.5 Å². The van der Waals surface area contributed by atoms with Crippen LogP contribution in [0, 0.1) is 5.82 Å². The SMILES string of the molecule is O=C(CSc1nnc2n(C3CCCC3)c(=O)c3ccccc3n12)Nc1ccccc1F. The quantitative estimate of drug-likeness (QED) is 0.477. The largest absolute Gasteiger partial charge is 0.323 e. The van der Waals surface area contributed by atoms with Gasteiger partial charge in [0.15, 0.2) is 5.16 Å². The average Bonchev–Trinajstić information content (AvgIpc) is 3.45. The van der Waals surface area contributed by atoms with Gasteiger partial charge in [0.1, 0.15) is 5.82 Å². The number of carbonyl (C=O) groups is 1. The molecule has 0 spiro atoms. The van der Waals surface area contributed by atoms with Crippen molar-refractivity contribution in [3.8, 4) is 0 Å². The van der Waals surface area contributed by atoms with E-state index in [4.69, 9.17) is 0 Å². The minimum Gasteiger partial charge on any atom is -0.323 e. The minimum absolute atomic E-state index is 0.0337. The topological polar surface area (TPSA) is 81.3 Å². The van der Waals surface area contributed by atoms with E-state index < -0.39 is 5.82 Å². The number of amides is 1. The van der Waals surface area contributed by atoms with E-state index in [0.717, 1.165) is 25.7 Å². The summed E-state index contributed by atoms with van der Waals surface area (Å²) in [4.78, 5) is 25.6. The molecule has 0 unspecified atom stereocenters. The summed E-state index contributed by atoms with van der Waals surface area (Å²) >= 11 is 1.20. The van der Waals surface area contributed by atoms with Gasteiger partial charge in [-0.15, -0.1) is 10.2 Å². The number of thioether (sulfide) groups is 1. The Hall–Kier alpha value is -3.20. The van der Waals surface area contributed by atoms with Crippen LogP contribution >= 0.6 is 11.8 Å². The molecule has 2 heterocycles. The number of halogens is 1. The molecule has 7 nitrogen and oxygen atoms in total. The van der Waals surface area contributed by atoms with E-state index in [1.165, 1.54) is 23.9 Å². The first kappa shape index (κ1) is 19.7. The second kappa shape index (κ2) is 8.14. The zero-order valence-electron chi connectivity index (χ0n) is 16.6. The second-order valence-corrected chi connectivity index (χ2v) is 8.51. The van der Waals surface area contributed by atoms with Crippen molar-refractivity contribution < 1.29 is 9.18 Å². The fourth-order valence-electron chi connectivity index (χ4n) is 4.16. The molecule has 1 fully saturated rings. The van der Waals surface area contributed by atoms with Crippen molar-refractivity contribution in [3.05, 3.63) is 64.7 Å². The Morgan fingerprint density at radius 3 is 2.65 bits per heavy atom. The van der Waals surface area contributed by atoms with Crippen molar-refractivity contribution in [3.63, 3.8) is 0 Å². The van der Waals surface area contributed by atoms with Gasteiger partial charge in [0.2, 0.25) is 11.7 Å². The van der Waals surface area contributed by atoms with Gasteiger partial charge in [-0.25, -0.2) is 4.39 Å². The average molecular weight is 438 g/mol. The predicted octanol–water partition coefficient (Wildman–Crippen LogP) is 4.03. The summed E-state index contributed by atoms with van der Waals surface area (Å²) in [5.74, 6) is -0.306. The van der Waals surface area contributed by atoms with Crippen LogP contribution < -0.4 is 10.9 Å². The number of hydrogen-bond acceptors (Lipinski definition) is 5. The molecule has 0 atom stereocenters. The number of fused-ring (bicyclic) bond motifs is 3. The minimum atomic E-state index is -0.486. The third kappa shape index (κ3) is 3.59. The van der Waals surface area contributed by atoms with Crippen LogP contribution in [0.4, 0.5) is 10.1 Å². The number of rotatable bonds is 5. The number of nitrogens with zero attached hydrogens (tertiary/aromatic N) is 4. The zero-order chi connectivity index (χ0) is 21.4. The highest BCUT2D eigenvalue weighted by atomic mass is 32.2. The van der Waals surface area contributed by atoms with Crippen LogP contribution in [-0.2, 0) is 4.79 Å². The van der Waals surface area contributed by atoms with Crippen LogP contribution in [-0.4, -0.2) is 30.8 Å². The van der Waals surface area contributed by atoms with E-state index in [-0.39, 0.29) is 28.9 Å². The number of para-hydroxylation sites is 2. The molecule has 0 aliphatic heterocycles. The Bertz CT molecular complexity index is 1340. The highest BCUT2D eigenvalue weighted by Crippen LogP contribution is 2.31. The van der Waals surface area contributed by atoms with Crippen molar-refractivity contribution in [2.75, 3.05) is 11.1 Å². The van der Waals surface area contributed by atoms with Gasteiger partial charge in [0.05, 0.1) is 22.3 Å². The van der Waals surface area contributed by atoms with Gasteiger partial charge in [0.25, 0.3) is 5.56 Å². The van der Waals surface area contributed by atoms with Gasteiger partial charge in [-0.2, -0.15) is 0 Å². The molecular formula is C22H20FN5O2S. The van der Waals surface area contributed by atoms with Crippen LogP contribution in [0.15, 0.2) is 58.5 Å². The van der Waals surface area contributed by atoms with Crippen LogP contribution in [0.3, 0.4) is 0 Å². The predicted molar refractivity (Wildman–Crippen MR) is 118 cm³/mol. The number of carbonyl (C=O) groups excluding carboxylic acids is 1. The molecule has 9 heteroatoms. The second-order valence-electron chi connectivity index (χ2n) is 7.57. The molecule has 1 saturated carbocycles. The van der Waals surface area contributed by atoms with E-state index in [0.29, 0.717) is 21.8 Å². The third-order valence-corrected chi connectivity index (χ3v) is 6.53. The van der Waals surface area contributed by atoms with Crippen molar-refractivity contribution >= 4 is 40.0 Å². The smallest absolute Gasteiger partial charge is 0.263 e. The lowest BCUT2D eigenvalue weighted by atomic mass is 10.2. The molecule has 1 amide bonds. The molecule has 2 aromatic carbocycles. The third-order valence-electron chi connectivity index (χ3n) is 5.60. The lowest BCUT2D eigenvalue weighted by molar-refractivity contribution is -0.113. The Labute approximate surface area is 181 Å². The molecule has 1 N–H and O–H groups in total. The molecule has 0 saturated heterocycles. The molecule has 31 heavy (non-hydrogen) atoms. The molecular weight excluding hydrogens is 417 g/mol. The molecule has 4 aromatic rings. The van der Waals surface area contributed by atoms with Gasteiger partial charge in [-0.3, -0.25) is 18.6 Å². The molecule has 2 aromatic heterocycles. The Kier molecular flexibility index (Phi) is 5.19. The van der Waals surface area contributed by atoms with Gasteiger partial charge >= 0.3 is 0 Å². The fraction of sp³-hybridized carbons (Fsp3) is 0.273. The summed E-state index contributed by atoms with van der Waals surface area (Å²) in [5.41, 5.74) is 0.787. The molecule has 5 rings (SSSR count). The maximum absolute atomic E-state index is 13.8.